The van der Waals surface area contributed by atoms with Gasteiger partial charge in [0.25, 0.3) is 5.56 Å². The van der Waals surface area contributed by atoms with E-state index in [4.69, 9.17) is 11.6 Å². The highest BCUT2D eigenvalue weighted by molar-refractivity contribution is 7.98. The van der Waals surface area contributed by atoms with Crippen LogP contribution in [0.2, 0.25) is 5.02 Å². The Bertz CT molecular complexity index is 1100. The SMILES string of the molecule is CSc1[nH]c(=O)c(-c2ccc(F)c(Cl)c2)cc1Nc1ccnc(NC(C)=O)c1. The van der Waals surface area contributed by atoms with Crippen LogP contribution in [0.15, 0.2) is 52.4 Å². The number of pyridine rings is 2. The number of hydrogen-bond acceptors (Lipinski definition) is 5. The molecule has 0 fully saturated rings. The van der Waals surface area contributed by atoms with E-state index in [9.17, 15) is 14.0 Å². The third-order valence-corrected chi connectivity index (χ3v) is 4.80. The molecule has 0 aliphatic carbocycles. The monoisotopic (exact) mass is 418 g/mol. The van der Waals surface area contributed by atoms with Crippen molar-refractivity contribution in [3.05, 3.63) is 63.8 Å². The van der Waals surface area contributed by atoms with Gasteiger partial charge >= 0.3 is 0 Å². The Hall–Kier alpha value is -2.84. The van der Waals surface area contributed by atoms with Gasteiger partial charge in [-0.2, -0.15) is 0 Å². The van der Waals surface area contributed by atoms with Crippen molar-refractivity contribution in [3.8, 4) is 11.1 Å². The van der Waals surface area contributed by atoms with Crippen molar-refractivity contribution in [1.29, 1.82) is 0 Å². The molecule has 0 saturated heterocycles. The first kappa shape index (κ1) is 19.9. The Morgan fingerprint density at radius 3 is 2.71 bits per heavy atom. The first-order valence-corrected chi connectivity index (χ1v) is 9.75. The number of thioether (sulfide) groups is 1. The largest absolute Gasteiger partial charge is 0.353 e. The first-order chi connectivity index (χ1) is 13.4. The van der Waals surface area contributed by atoms with Crippen molar-refractivity contribution in [2.24, 2.45) is 0 Å². The molecule has 2 aromatic heterocycles. The standard InChI is InChI=1S/C19H16ClFN4O2S/c1-10(26)23-17-8-12(5-6-22-17)24-16-9-13(18(27)25-19(16)28-2)11-3-4-15(21)14(20)7-11/h3-9H,1-2H3,(H,25,27)(H2,22,23,24,26). The predicted octanol–water partition coefficient (Wildman–Crippen LogP) is 4.65. The van der Waals surface area contributed by atoms with E-state index in [2.05, 4.69) is 20.6 Å². The van der Waals surface area contributed by atoms with Gasteiger partial charge in [-0.05, 0) is 36.1 Å². The number of benzene rings is 1. The van der Waals surface area contributed by atoms with Gasteiger partial charge in [0.2, 0.25) is 5.91 Å². The van der Waals surface area contributed by atoms with E-state index in [1.807, 2.05) is 6.26 Å². The third kappa shape index (κ3) is 4.52. The minimum absolute atomic E-state index is 0.0607. The molecule has 0 atom stereocenters. The normalized spacial score (nSPS) is 10.6. The van der Waals surface area contributed by atoms with Crippen LogP contribution in [0.1, 0.15) is 6.92 Å². The van der Waals surface area contributed by atoms with E-state index < -0.39 is 5.82 Å². The number of nitrogens with one attached hydrogen (secondary N) is 3. The maximum atomic E-state index is 13.5. The van der Waals surface area contributed by atoms with Crippen LogP contribution in [0.4, 0.5) is 21.6 Å². The predicted molar refractivity (Wildman–Crippen MR) is 111 cm³/mol. The average molecular weight is 419 g/mol. The molecule has 144 valence electrons. The van der Waals surface area contributed by atoms with Crippen LogP contribution >= 0.6 is 23.4 Å². The highest BCUT2D eigenvalue weighted by Gasteiger charge is 2.12. The average Bonchev–Trinajstić information content (AvgIpc) is 2.65. The number of nitrogens with zero attached hydrogens (tertiary/aromatic N) is 1. The molecule has 9 heteroatoms. The Morgan fingerprint density at radius 2 is 2.04 bits per heavy atom. The quantitative estimate of drug-likeness (QED) is 0.525. The zero-order valence-corrected chi connectivity index (χ0v) is 16.5. The second kappa shape index (κ2) is 8.45. The van der Waals surface area contributed by atoms with E-state index >= 15 is 0 Å². The Labute approximate surface area is 169 Å². The Balaban J connectivity index is 2.02. The van der Waals surface area contributed by atoms with Crippen LogP contribution in [-0.4, -0.2) is 22.1 Å². The molecule has 0 aliphatic rings. The molecule has 3 aromatic rings. The van der Waals surface area contributed by atoms with Crippen molar-refractivity contribution in [3.63, 3.8) is 0 Å². The molecule has 0 unspecified atom stereocenters. The number of carbonyl (C=O) groups excluding carboxylic acids is 1. The fraction of sp³-hybridized carbons (Fsp3) is 0.105. The molecule has 28 heavy (non-hydrogen) atoms. The van der Waals surface area contributed by atoms with Gasteiger partial charge in [0, 0.05) is 30.4 Å². The van der Waals surface area contributed by atoms with Crippen molar-refractivity contribution in [2.45, 2.75) is 11.9 Å². The van der Waals surface area contributed by atoms with E-state index in [0.29, 0.717) is 33.3 Å². The molecule has 2 heterocycles. The van der Waals surface area contributed by atoms with Crippen LogP contribution in [0.25, 0.3) is 11.1 Å². The second-order valence-corrected chi connectivity index (χ2v) is 7.05. The highest BCUT2D eigenvalue weighted by atomic mass is 35.5. The van der Waals surface area contributed by atoms with Gasteiger partial charge in [-0.1, -0.05) is 17.7 Å². The number of carbonyl (C=O) groups is 1. The van der Waals surface area contributed by atoms with Gasteiger partial charge in [-0.15, -0.1) is 11.8 Å². The molecule has 6 nitrogen and oxygen atoms in total. The fourth-order valence-corrected chi connectivity index (χ4v) is 3.26. The summed E-state index contributed by atoms with van der Waals surface area (Å²) in [7, 11) is 0. The van der Waals surface area contributed by atoms with Crippen molar-refractivity contribution in [2.75, 3.05) is 16.9 Å². The van der Waals surface area contributed by atoms with Crippen molar-refractivity contribution >= 4 is 46.5 Å². The molecule has 0 spiro atoms. The summed E-state index contributed by atoms with van der Waals surface area (Å²) in [5.74, 6) is -0.379. The molecular weight excluding hydrogens is 403 g/mol. The minimum Gasteiger partial charge on any atom is -0.353 e. The fourth-order valence-electron chi connectivity index (χ4n) is 2.56. The summed E-state index contributed by atoms with van der Waals surface area (Å²) in [6, 6.07) is 9.20. The summed E-state index contributed by atoms with van der Waals surface area (Å²) >= 11 is 7.22. The molecule has 0 radical (unpaired) electrons. The molecule has 1 amide bonds. The van der Waals surface area contributed by atoms with Gasteiger partial charge < -0.3 is 15.6 Å². The maximum absolute atomic E-state index is 13.5. The van der Waals surface area contributed by atoms with E-state index in [-0.39, 0.29) is 16.5 Å². The van der Waals surface area contributed by atoms with Crippen LogP contribution in [0.3, 0.4) is 0 Å². The van der Waals surface area contributed by atoms with E-state index in [1.165, 1.54) is 36.9 Å². The first-order valence-electron chi connectivity index (χ1n) is 8.15. The lowest BCUT2D eigenvalue weighted by molar-refractivity contribution is -0.114. The number of aromatic nitrogens is 2. The van der Waals surface area contributed by atoms with Crippen LogP contribution in [-0.2, 0) is 4.79 Å². The summed E-state index contributed by atoms with van der Waals surface area (Å²) in [6.07, 6.45) is 3.39. The Kier molecular flexibility index (Phi) is 6.01. The van der Waals surface area contributed by atoms with Gasteiger partial charge in [-0.3, -0.25) is 9.59 Å². The lowest BCUT2D eigenvalue weighted by atomic mass is 10.1. The summed E-state index contributed by atoms with van der Waals surface area (Å²) in [5, 5.41) is 6.39. The highest BCUT2D eigenvalue weighted by Crippen LogP contribution is 2.30. The van der Waals surface area contributed by atoms with Crippen LogP contribution < -0.4 is 16.2 Å². The van der Waals surface area contributed by atoms with Crippen LogP contribution in [0, 0.1) is 5.82 Å². The summed E-state index contributed by atoms with van der Waals surface area (Å²) in [5.41, 5.74) is 1.84. The smallest absolute Gasteiger partial charge is 0.256 e. The third-order valence-electron chi connectivity index (χ3n) is 3.78. The molecule has 3 N–H and O–H groups in total. The molecular formula is C19H16ClFN4O2S. The number of hydrogen-bond donors (Lipinski definition) is 3. The van der Waals surface area contributed by atoms with Crippen molar-refractivity contribution < 1.29 is 9.18 Å². The van der Waals surface area contributed by atoms with Gasteiger partial charge in [0.05, 0.1) is 15.7 Å². The van der Waals surface area contributed by atoms with Crippen molar-refractivity contribution in [1.82, 2.24) is 9.97 Å². The van der Waals surface area contributed by atoms with Crippen LogP contribution in [0.5, 0.6) is 0 Å². The van der Waals surface area contributed by atoms with Gasteiger partial charge in [0.15, 0.2) is 0 Å². The molecule has 0 aliphatic heterocycles. The number of H-pyrrole nitrogens is 1. The number of anilines is 3. The number of amides is 1. The number of aromatic amines is 1. The van der Waals surface area contributed by atoms with E-state index in [1.54, 1.807) is 24.4 Å². The lowest BCUT2D eigenvalue weighted by Gasteiger charge is -2.13. The summed E-state index contributed by atoms with van der Waals surface area (Å²) < 4.78 is 13.5. The summed E-state index contributed by atoms with van der Waals surface area (Å²) in [4.78, 5) is 30.6. The molecule has 0 saturated carbocycles. The topological polar surface area (TPSA) is 86.9 Å². The zero-order valence-electron chi connectivity index (χ0n) is 15.0. The minimum atomic E-state index is -0.553. The lowest BCUT2D eigenvalue weighted by Crippen LogP contribution is -2.12. The second-order valence-electron chi connectivity index (χ2n) is 5.82. The maximum Gasteiger partial charge on any atom is 0.256 e. The Morgan fingerprint density at radius 1 is 1.25 bits per heavy atom. The number of rotatable bonds is 5. The summed E-state index contributed by atoms with van der Waals surface area (Å²) in [6.45, 7) is 1.40. The van der Waals surface area contributed by atoms with Gasteiger partial charge in [0.1, 0.15) is 11.6 Å². The number of halogens is 2. The molecule has 1 aromatic carbocycles. The zero-order chi connectivity index (χ0) is 20.3. The van der Waals surface area contributed by atoms with E-state index in [0.717, 1.165) is 0 Å². The van der Waals surface area contributed by atoms with Gasteiger partial charge in [-0.25, -0.2) is 9.37 Å². The molecule has 0 bridgehead atoms. The molecule has 3 rings (SSSR count).